The number of aromatic nitrogens is 2. The van der Waals surface area contributed by atoms with Gasteiger partial charge in [0.2, 0.25) is 5.91 Å². The molecule has 94 valence electrons. The Balaban J connectivity index is 2.08. The summed E-state index contributed by atoms with van der Waals surface area (Å²) in [7, 11) is 1.49. The zero-order chi connectivity index (χ0) is 13.0. The first kappa shape index (κ1) is 12.3. The fourth-order valence-corrected chi connectivity index (χ4v) is 1.58. The summed E-state index contributed by atoms with van der Waals surface area (Å²) >= 11 is 0. The van der Waals surface area contributed by atoms with Gasteiger partial charge in [-0.3, -0.25) is 4.79 Å². The summed E-state index contributed by atoms with van der Waals surface area (Å²) in [5.74, 6) is -0.166. The third kappa shape index (κ3) is 2.95. The van der Waals surface area contributed by atoms with Gasteiger partial charge < -0.3 is 10.1 Å². The monoisotopic (exact) mass is 245 g/mol. The first-order valence-electron chi connectivity index (χ1n) is 5.60. The number of anilines is 1. The number of ether oxygens (including phenoxy) is 1. The van der Waals surface area contributed by atoms with Crippen LogP contribution < -0.4 is 5.32 Å². The highest BCUT2D eigenvalue weighted by Gasteiger charge is 2.02. The fourth-order valence-electron chi connectivity index (χ4n) is 1.58. The van der Waals surface area contributed by atoms with Gasteiger partial charge >= 0.3 is 0 Å². The van der Waals surface area contributed by atoms with E-state index in [2.05, 4.69) is 10.4 Å². The minimum atomic E-state index is -0.166. The van der Waals surface area contributed by atoms with Crippen LogP contribution in [0.3, 0.4) is 0 Å². The summed E-state index contributed by atoms with van der Waals surface area (Å²) in [5.41, 5.74) is 2.66. The molecule has 2 aromatic rings. The Morgan fingerprint density at radius 3 is 2.61 bits per heavy atom. The maximum atomic E-state index is 11.3. The van der Waals surface area contributed by atoms with E-state index in [1.54, 1.807) is 4.68 Å². The van der Waals surface area contributed by atoms with E-state index in [0.717, 1.165) is 17.1 Å². The molecule has 0 bridgehead atoms. The Hall–Kier alpha value is -2.14. The molecule has 0 saturated heterocycles. The zero-order valence-corrected chi connectivity index (χ0v) is 10.4. The molecular weight excluding hydrogens is 230 g/mol. The molecule has 0 aliphatic heterocycles. The molecule has 2 rings (SSSR count). The van der Waals surface area contributed by atoms with Crippen molar-refractivity contribution in [1.29, 1.82) is 0 Å². The zero-order valence-electron chi connectivity index (χ0n) is 10.4. The van der Waals surface area contributed by atoms with Crippen LogP contribution in [0.1, 0.15) is 5.69 Å². The summed E-state index contributed by atoms with van der Waals surface area (Å²) in [6, 6.07) is 9.40. The van der Waals surface area contributed by atoms with Crippen molar-refractivity contribution < 1.29 is 9.53 Å². The molecule has 0 atom stereocenters. The van der Waals surface area contributed by atoms with Gasteiger partial charge in [0.25, 0.3) is 0 Å². The molecule has 5 nitrogen and oxygen atoms in total. The van der Waals surface area contributed by atoms with Gasteiger partial charge in [-0.1, -0.05) is 0 Å². The number of carbonyl (C=O) groups is 1. The highest BCUT2D eigenvalue weighted by Crippen LogP contribution is 2.13. The highest BCUT2D eigenvalue weighted by atomic mass is 16.5. The van der Waals surface area contributed by atoms with Crippen LogP contribution in [0.2, 0.25) is 0 Å². The van der Waals surface area contributed by atoms with Crippen LogP contribution in [0, 0.1) is 6.92 Å². The minimum absolute atomic E-state index is 0.0557. The van der Waals surface area contributed by atoms with E-state index in [4.69, 9.17) is 4.74 Å². The third-order valence-electron chi connectivity index (χ3n) is 2.41. The number of nitrogens with zero attached hydrogens (tertiary/aromatic N) is 2. The average Bonchev–Trinajstić information content (AvgIpc) is 2.77. The number of nitrogens with one attached hydrogen (secondary N) is 1. The fraction of sp³-hybridized carbons (Fsp3) is 0.231. The van der Waals surface area contributed by atoms with E-state index >= 15 is 0 Å². The predicted molar refractivity (Wildman–Crippen MR) is 68.8 cm³/mol. The number of amides is 1. The van der Waals surface area contributed by atoms with Crippen molar-refractivity contribution in [3.05, 3.63) is 42.2 Å². The highest BCUT2D eigenvalue weighted by molar-refractivity contribution is 5.91. The molecule has 1 aromatic carbocycles. The van der Waals surface area contributed by atoms with E-state index in [9.17, 15) is 4.79 Å². The molecule has 0 saturated carbocycles. The molecule has 1 N–H and O–H groups in total. The summed E-state index contributed by atoms with van der Waals surface area (Å²) < 4.78 is 6.53. The molecule has 0 fully saturated rings. The van der Waals surface area contributed by atoms with Crippen molar-refractivity contribution in [2.24, 2.45) is 0 Å². The number of benzene rings is 1. The van der Waals surface area contributed by atoms with Crippen molar-refractivity contribution in [3.63, 3.8) is 0 Å². The number of hydrogen-bond donors (Lipinski definition) is 1. The Kier molecular flexibility index (Phi) is 3.74. The standard InChI is InChI=1S/C13H15N3O2/c1-10-7-8-16(15-10)12-5-3-11(4-6-12)14-13(17)9-18-2/h3-8H,9H2,1-2H3,(H,14,17). The summed E-state index contributed by atoms with van der Waals surface area (Å²) in [6.07, 6.45) is 1.90. The van der Waals surface area contributed by atoms with Gasteiger partial charge in [0.05, 0.1) is 11.4 Å². The Morgan fingerprint density at radius 2 is 2.06 bits per heavy atom. The van der Waals surface area contributed by atoms with E-state index in [1.807, 2.05) is 43.5 Å². The molecule has 1 heterocycles. The normalized spacial score (nSPS) is 10.3. The first-order valence-corrected chi connectivity index (χ1v) is 5.60. The lowest BCUT2D eigenvalue weighted by Crippen LogP contribution is -2.16. The van der Waals surface area contributed by atoms with Gasteiger partial charge in [-0.15, -0.1) is 0 Å². The van der Waals surface area contributed by atoms with Gasteiger partial charge in [0, 0.05) is 19.0 Å². The molecule has 5 heteroatoms. The first-order chi connectivity index (χ1) is 8.69. The molecule has 1 amide bonds. The van der Waals surface area contributed by atoms with Gasteiger partial charge in [-0.2, -0.15) is 5.10 Å². The second-order valence-corrected chi connectivity index (χ2v) is 3.93. The van der Waals surface area contributed by atoms with Gasteiger partial charge in [-0.25, -0.2) is 4.68 Å². The van der Waals surface area contributed by atoms with Crippen LogP contribution in [-0.2, 0) is 9.53 Å². The van der Waals surface area contributed by atoms with Crippen molar-refractivity contribution in [2.75, 3.05) is 19.0 Å². The lowest BCUT2D eigenvalue weighted by molar-refractivity contribution is -0.119. The lowest BCUT2D eigenvalue weighted by atomic mass is 10.3. The Bertz CT molecular complexity index is 531. The molecular formula is C13H15N3O2. The predicted octanol–water partition coefficient (Wildman–Crippen LogP) is 1.77. The van der Waals surface area contributed by atoms with Crippen molar-refractivity contribution in [3.8, 4) is 5.69 Å². The van der Waals surface area contributed by atoms with E-state index < -0.39 is 0 Å². The van der Waals surface area contributed by atoms with Gasteiger partial charge in [0.15, 0.2) is 0 Å². The Labute approximate surface area is 105 Å². The Morgan fingerprint density at radius 1 is 1.33 bits per heavy atom. The van der Waals surface area contributed by atoms with Crippen LogP contribution in [0.5, 0.6) is 0 Å². The number of rotatable bonds is 4. The molecule has 18 heavy (non-hydrogen) atoms. The SMILES string of the molecule is COCC(=O)Nc1ccc(-n2ccc(C)n2)cc1. The summed E-state index contributed by atoms with van der Waals surface area (Å²) in [4.78, 5) is 11.3. The third-order valence-corrected chi connectivity index (χ3v) is 2.41. The molecule has 0 radical (unpaired) electrons. The van der Waals surface area contributed by atoms with Crippen LogP contribution in [0.25, 0.3) is 5.69 Å². The molecule has 0 aliphatic carbocycles. The van der Waals surface area contributed by atoms with Crippen LogP contribution in [0.4, 0.5) is 5.69 Å². The van der Waals surface area contributed by atoms with Crippen LogP contribution in [0.15, 0.2) is 36.5 Å². The number of methoxy groups -OCH3 is 1. The maximum absolute atomic E-state index is 11.3. The number of aryl methyl sites for hydroxylation is 1. The smallest absolute Gasteiger partial charge is 0.250 e. The van der Waals surface area contributed by atoms with Crippen LogP contribution >= 0.6 is 0 Å². The van der Waals surface area contributed by atoms with E-state index in [0.29, 0.717) is 0 Å². The molecule has 0 aliphatic rings. The minimum Gasteiger partial charge on any atom is -0.375 e. The van der Waals surface area contributed by atoms with E-state index in [-0.39, 0.29) is 12.5 Å². The molecule has 1 aromatic heterocycles. The topological polar surface area (TPSA) is 56.1 Å². The number of carbonyl (C=O) groups excluding carboxylic acids is 1. The largest absolute Gasteiger partial charge is 0.375 e. The second kappa shape index (κ2) is 5.46. The number of hydrogen-bond acceptors (Lipinski definition) is 3. The summed E-state index contributed by atoms with van der Waals surface area (Å²) in [5, 5.41) is 7.04. The van der Waals surface area contributed by atoms with Gasteiger partial charge in [0.1, 0.15) is 6.61 Å². The van der Waals surface area contributed by atoms with Crippen molar-refractivity contribution >= 4 is 11.6 Å². The quantitative estimate of drug-likeness (QED) is 0.893. The maximum Gasteiger partial charge on any atom is 0.250 e. The molecule has 0 unspecified atom stereocenters. The van der Waals surface area contributed by atoms with Crippen molar-refractivity contribution in [2.45, 2.75) is 6.92 Å². The van der Waals surface area contributed by atoms with Crippen molar-refractivity contribution in [1.82, 2.24) is 9.78 Å². The second-order valence-electron chi connectivity index (χ2n) is 3.93. The van der Waals surface area contributed by atoms with Gasteiger partial charge in [-0.05, 0) is 37.3 Å². The molecule has 0 spiro atoms. The lowest BCUT2D eigenvalue weighted by Gasteiger charge is -2.06. The van der Waals surface area contributed by atoms with Crippen LogP contribution in [-0.4, -0.2) is 29.4 Å². The summed E-state index contributed by atoms with van der Waals surface area (Å²) in [6.45, 7) is 2.00. The average molecular weight is 245 g/mol. The van der Waals surface area contributed by atoms with E-state index in [1.165, 1.54) is 7.11 Å².